The standard InChI is InChI=1S/C11H14O2/c1-2-5-11(10(12)13)7-8-3-4-9(11)6-8/h1,8-9H,3-7H2,(H,12,13). The zero-order valence-electron chi connectivity index (χ0n) is 7.62. The smallest absolute Gasteiger partial charge is 0.310 e. The average Bonchev–Trinajstić information content (AvgIpc) is 2.64. The number of carbonyl (C=O) groups is 1. The fourth-order valence-corrected chi connectivity index (χ4v) is 3.18. The van der Waals surface area contributed by atoms with Crippen LogP contribution in [-0.4, -0.2) is 11.1 Å². The van der Waals surface area contributed by atoms with E-state index in [1.165, 1.54) is 6.42 Å². The Balaban J connectivity index is 2.26. The largest absolute Gasteiger partial charge is 0.481 e. The molecule has 70 valence electrons. The molecule has 3 atom stereocenters. The minimum atomic E-state index is -0.669. The molecule has 2 aliphatic carbocycles. The summed E-state index contributed by atoms with van der Waals surface area (Å²) in [6, 6.07) is 0. The Kier molecular flexibility index (Phi) is 1.83. The molecule has 0 aromatic rings. The summed E-state index contributed by atoms with van der Waals surface area (Å²) in [5.41, 5.74) is -0.558. The minimum absolute atomic E-state index is 0.353. The van der Waals surface area contributed by atoms with E-state index in [2.05, 4.69) is 5.92 Å². The summed E-state index contributed by atoms with van der Waals surface area (Å²) in [5, 5.41) is 9.22. The van der Waals surface area contributed by atoms with E-state index < -0.39 is 11.4 Å². The third-order valence-corrected chi connectivity index (χ3v) is 3.82. The molecule has 2 bridgehead atoms. The number of fused-ring (bicyclic) bond motifs is 2. The summed E-state index contributed by atoms with van der Waals surface area (Å²) < 4.78 is 0. The van der Waals surface area contributed by atoms with Gasteiger partial charge in [0, 0.05) is 6.42 Å². The number of terminal acetylenes is 1. The van der Waals surface area contributed by atoms with Crippen molar-refractivity contribution in [3.63, 3.8) is 0 Å². The summed E-state index contributed by atoms with van der Waals surface area (Å²) in [7, 11) is 0. The molecule has 2 heteroatoms. The highest BCUT2D eigenvalue weighted by molar-refractivity contribution is 5.76. The van der Waals surface area contributed by atoms with Crippen molar-refractivity contribution >= 4 is 5.97 Å². The van der Waals surface area contributed by atoms with Crippen LogP contribution in [0.3, 0.4) is 0 Å². The van der Waals surface area contributed by atoms with E-state index in [0.29, 0.717) is 18.3 Å². The molecule has 2 aliphatic rings. The van der Waals surface area contributed by atoms with Gasteiger partial charge in [0.05, 0.1) is 5.41 Å². The molecule has 2 nitrogen and oxygen atoms in total. The SMILES string of the molecule is C#CCC1(C(=O)O)CC2CCC1C2. The van der Waals surface area contributed by atoms with E-state index >= 15 is 0 Å². The molecule has 0 amide bonds. The Morgan fingerprint density at radius 2 is 2.38 bits per heavy atom. The number of carboxylic acids is 1. The summed E-state index contributed by atoms with van der Waals surface area (Å²) >= 11 is 0. The van der Waals surface area contributed by atoms with Gasteiger partial charge < -0.3 is 5.11 Å². The predicted molar refractivity (Wildman–Crippen MR) is 49.0 cm³/mol. The molecule has 0 heterocycles. The van der Waals surface area contributed by atoms with Crippen molar-refractivity contribution in [3.05, 3.63) is 0 Å². The van der Waals surface area contributed by atoms with Crippen LogP contribution >= 0.6 is 0 Å². The predicted octanol–water partition coefficient (Wildman–Crippen LogP) is 1.90. The minimum Gasteiger partial charge on any atom is -0.481 e. The number of rotatable bonds is 2. The first kappa shape index (κ1) is 8.62. The van der Waals surface area contributed by atoms with Gasteiger partial charge in [-0.1, -0.05) is 6.42 Å². The molecule has 1 N–H and O–H groups in total. The molecule has 13 heavy (non-hydrogen) atoms. The molecule has 2 fully saturated rings. The van der Waals surface area contributed by atoms with Crippen LogP contribution in [0.4, 0.5) is 0 Å². The third-order valence-electron chi connectivity index (χ3n) is 3.82. The van der Waals surface area contributed by atoms with E-state index in [1.54, 1.807) is 0 Å². The Labute approximate surface area is 78.3 Å². The van der Waals surface area contributed by atoms with Crippen molar-refractivity contribution in [2.75, 3.05) is 0 Å². The lowest BCUT2D eigenvalue weighted by atomic mass is 9.71. The molecule has 0 saturated heterocycles. The lowest BCUT2D eigenvalue weighted by Crippen LogP contribution is -2.36. The van der Waals surface area contributed by atoms with E-state index in [4.69, 9.17) is 6.42 Å². The fraction of sp³-hybridized carbons (Fsp3) is 0.727. The van der Waals surface area contributed by atoms with Crippen LogP contribution in [0.25, 0.3) is 0 Å². The zero-order valence-corrected chi connectivity index (χ0v) is 7.62. The van der Waals surface area contributed by atoms with Crippen molar-refractivity contribution in [3.8, 4) is 12.3 Å². The monoisotopic (exact) mass is 178 g/mol. The van der Waals surface area contributed by atoms with Crippen molar-refractivity contribution in [1.29, 1.82) is 0 Å². The van der Waals surface area contributed by atoms with Gasteiger partial charge in [-0.3, -0.25) is 4.79 Å². The number of carboxylic acid groups (broad SMARTS) is 1. The molecule has 0 radical (unpaired) electrons. The Bertz CT molecular complexity index is 276. The summed E-state index contributed by atoms with van der Waals surface area (Å²) in [6.07, 6.45) is 9.86. The van der Waals surface area contributed by atoms with Gasteiger partial charge in [0.15, 0.2) is 0 Å². The molecule has 3 unspecified atom stereocenters. The molecule has 2 rings (SSSR count). The van der Waals surface area contributed by atoms with Crippen molar-refractivity contribution in [1.82, 2.24) is 0 Å². The average molecular weight is 178 g/mol. The zero-order chi connectivity index (χ0) is 9.47. The van der Waals surface area contributed by atoms with E-state index in [-0.39, 0.29) is 0 Å². The van der Waals surface area contributed by atoms with Gasteiger partial charge in [-0.15, -0.1) is 12.3 Å². The van der Waals surface area contributed by atoms with Crippen LogP contribution in [0, 0.1) is 29.6 Å². The van der Waals surface area contributed by atoms with Crippen LogP contribution in [0.1, 0.15) is 32.1 Å². The lowest BCUT2D eigenvalue weighted by Gasteiger charge is -2.31. The van der Waals surface area contributed by atoms with Gasteiger partial charge in [-0.2, -0.15) is 0 Å². The lowest BCUT2D eigenvalue weighted by molar-refractivity contribution is -0.152. The van der Waals surface area contributed by atoms with Crippen LogP contribution in [0.5, 0.6) is 0 Å². The van der Waals surface area contributed by atoms with Gasteiger partial charge in [-0.05, 0) is 31.1 Å². The maximum atomic E-state index is 11.2. The molecule has 2 saturated carbocycles. The Morgan fingerprint density at radius 3 is 2.77 bits per heavy atom. The van der Waals surface area contributed by atoms with Crippen LogP contribution in [0.15, 0.2) is 0 Å². The quantitative estimate of drug-likeness (QED) is 0.656. The maximum Gasteiger partial charge on any atom is 0.310 e. The highest BCUT2D eigenvalue weighted by atomic mass is 16.4. The van der Waals surface area contributed by atoms with Crippen LogP contribution in [0.2, 0.25) is 0 Å². The maximum absolute atomic E-state index is 11.2. The molecule has 0 spiro atoms. The summed E-state index contributed by atoms with van der Waals surface area (Å²) in [4.78, 5) is 11.2. The van der Waals surface area contributed by atoms with Crippen molar-refractivity contribution in [2.45, 2.75) is 32.1 Å². The van der Waals surface area contributed by atoms with Crippen molar-refractivity contribution < 1.29 is 9.90 Å². The Hall–Kier alpha value is -0.970. The van der Waals surface area contributed by atoms with Gasteiger partial charge in [0.25, 0.3) is 0 Å². The van der Waals surface area contributed by atoms with Gasteiger partial charge in [0.1, 0.15) is 0 Å². The summed E-state index contributed by atoms with van der Waals surface area (Å²) in [6.45, 7) is 0. The second-order valence-electron chi connectivity index (χ2n) is 4.42. The second-order valence-corrected chi connectivity index (χ2v) is 4.42. The van der Waals surface area contributed by atoms with E-state index in [9.17, 15) is 9.90 Å². The molecular weight excluding hydrogens is 164 g/mol. The topological polar surface area (TPSA) is 37.3 Å². The fourth-order valence-electron chi connectivity index (χ4n) is 3.18. The summed E-state index contributed by atoms with van der Waals surface area (Å²) in [5.74, 6) is 2.85. The van der Waals surface area contributed by atoms with Gasteiger partial charge in [0.2, 0.25) is 0 Å². The third kappa shape index (κ3) is 1.07. The van der Waals surface area contributed by atoms with Gasteiger partial charge >= 0.3 is 5.97 Å². The molecule has 0 aliphatic heterocycles. The first-order chi connectivity index (χ1) is 6.19. The van der Waals surface area contributed by atoms with Gasteiger partial charge in [-0.25, -0.2) is 0 Å². The second kappa shape index (κ2) is 2.77. The first-order valence-corrected chi connectivity index (χ1v) is 4.86. The van der Waals surface area contributed by atoms with E-state index in [0.717, 1.165) is 19.3 Å². The molecular formula is C11H14O2. The first-order valence-electron chi connectivity index (χ1n) is 4.86. The normalized spacial score (nSPS) is 41.8. The highest BCUT2D eigenvalue weighted by Gasteiger charge is 2.55. The van der Waals surface area contributed by atoms with Crippen molar-refractivity contribution in [2.24, 2.45) is 17.3 Å². The van der Waals surface area contributed by atoms with Crippen LogP contribution in [-0.2, 0) is 4.79 Å². The number of aliphatic carboxylic acids is 1. The molecule has 0 aromatic carbocycles. The number of hydrogen-bond acceptors (Lipinski definition) is 1. The number of hydrogen-bond donors (Lipinski definition) is 1. The van der Waals surface area contributed by atoms with Crippen LogP contribution < -0.4 is 0 Å². The Morgan fingerprint density at radius 1 is 1.62 bits per heavy atom. The highest BCUT2D eigenvalue weighted by Crippen LogP contribution is 2.57. The van der Waals surface area contributed by atoms with E-state index in [1.807, 2.05) is 0 Å². The molecule has 0 aromatic heterocycles.